The minimum atomic E-state index is -0.372. The van der Waals surface area contributed by atoms with Gasteiger partial charge < -0.3 is 19.5 Å². The molecule has 4 fully saturated rings. The molecular weight excluding hydrogens is 332 g/mol. The molecule has 0 unspecified atom stereocenters. The normalized spacial score (nSPS) is 39.5. The van der Waals surface area contributed by atoms with Crippen LogP contribution in [0.3, 0.4) is 0 Å². The van der Waals surface area contributed by atoms with Crippen LogP contribution in [0.5, 0.6) is 0 Å². The quantitative estimate of drug-likeness (QED) is 0.825. The molecule has 3 saturated heterocycles. The van der Waals surface area contributed by atoms with Crippen LogP contribution in [-0.4, -0.2) is 67.7 Å². The Bertz CT molecular complexity index is 486. The zero-order chi connectivity index (χ0) is 18.0. The lowest BCUT2D eigenvalue weighted by atomic mass is 9.86. The number of amides is 1. The third kappa shape index (κ3) is 4.08. The van der Waals surface area contributed by atoms with Crippen molar-refractivity contribution < 1.29 is 19.0 Å². The van der Waals surface area contributed by atoms with E-state index in [9.17, 15) is 4.79 Å². The Labute approximate surface area is 156 Å². The van der Waals surface area contributed by atoms with Crippen LogP contribution < -0.4 is 5.32 Å². The summed E-state index contributed by atoms with van der Waals surface area (Å²) in [4.78, 5) is 15.2. The maximum Gasteiger partial charge on any atom is 0.237 e. The molecule has 4 aliphatic rings. The second-order valence-corrected chi connectivity index (χ2v) is 8.63. The number of nitrogens with one attached hydrogen (secondary N) is 1. The summed E-state index contributed by atoms with van der Waals surface area (Å²) in [5.41, 5.74) is 0. The van der Waals surface area contributed by atoms with Crippen molar-refractivity contribution in [1.29, 1.82) is 0 Å². The minimum absolute atomic E-state index is 0.00899. The molecule has 0 radical (unpaired) electrons. The fraction of sp³-hybridized carbons (Fsp3) is 0.950. The van der Waals surface area contributed by atoms with Gasteiger partial charge in [-0.15, -0.1) is 0 Å². The third-order valence-corrected chi connectivity index (χ3v) is 6.71. The lowest BCUT2D eigenvalue weighted by Gasteiger charge is -2.35. The molecule has 1 spiro atoms. The SMILES string of the molecule is CC1CCC2(CC1)OC[C@H](CNC(=O)[C@H]1CCCN1C1CCOCC1)O2. The van der Waals surface area contributed by atoms with Gasteiger partial charge in [-0.1, -0.05) is 6.92 Å². The molecule has 1 aliphatic carbocycles. The van der Waals surface area contributed by atoms with Gasteiger partial charge in [-0.05, 0) is 51.0 Å². The molecule has 0 aromatic rings. The van der Waals surface area contributed by atoms with E-state index in [1.807, 2.05) is 0 Å². The van der Waals surface area contributed by atoms with Gasteiger partial charge in [-0.25, -0.2) is 0 Å². The van der Waals surface area contributed by atoms with Gasteiger partial charge in [0.15, 0.2) is 5.79 Å². The standard InChI is InChI=1S/C20H34N2O4/c1-15-4-8-20(9-5-15)25-14-17(26-20)13-21-19(23)18-3-2-10-22(18)16-6-11-24-12-7-16/h15-18H,2-14H2,1H3,(H,21,23)/t15?,17-,18+,20?/m0/s1. The van der Waals surface area contributed by atoms with Crippen LogP contribution in [0.2, 0.25) is 0 Å². The highest BCUT2D eigenvalue weighted by Crippen LogP contribution is 2.39. The zero-order valence-corrected chi connectivity index (χ0v) is 16.1. The number of rotatable bonds is 4. The van der Waals surface area contributed by atoms with E-state index >= 15 is 0 Å². The Balaban J connectivity index is 1.25. The smallest absolute Gasteiger partial charge is 0.237 e. The summed E-state index contributed by atoms with van der Waals surface area (Å²) in [5, 5.41) is 3.15. The fourth-order valence-corrected chi connectivity index (χ4v) is 5.04. The Hall–Kier alpha value is -0.690. The van der Waals surface area contributed by atoms with E-state index < -0.39 is 0 Å². The molecule has 148 valence electrons. The van der Waals surface area contributed by atoms with Crippen molar-refractivity contribution in [3.63, 3.8) is 0 Å². The van der Waals surface area contributed by atoms with E-state index in [-0.39, 0.29) is 23.8 Å². The van der Waals surface area contributed by atoms with Gasteiger partial charge in [-0.3, -0.25) is 9.69 Å². The highest BCUT2D eigenvalue weighted by atomic mass is 16.7. The first-order chi connectivity index (χ1) is 12.7. The molecule has 2 atom stereocenters. The Morgan fingerprint density at radius 2 is 1.92 bits per heavy atom. The largest absolute Gasteiger partial charge is 0.381 e. The van der Waals surface area contributed by atoms with Crippen molar-refractivity contribution in [2.45, 2.75) is 82.3 Å². The summed E-state index contributed by atoms with van der Waals surface area (Å²) in [5.74, 6) is 0.560. The van der Waals surface area contributed by atoms with Gasteiger partial charge in [-0.2, -0.15) is 0 Å². The number of carbonyl (C=O) groups is 1. The molecule has 0 aromatic heterocycles. The molecule has 1 amide bonds. The van der Waals surface area contributed by atoms with Gasteiger partial charge in [0.2, 0.25) is 5.91 Å². The molecule has 26 heavy (non-hydrogen) atoms. The number of nitrogens with zero attached hydrogens (tertiary/aromatic N) is 1. The molecular formula is C20H34N2O4. The van der Waals surface area contributed by atoms with E-state index in [0.29, 0.717) is 19.2 Å². The second kappa shape index (κ2) is 8.13. The van der Waals surface area contributed by atoms with Gasteiger partial charge >= 0.3 is 0 Å². The summed E-state index contributed by atoms with van der Waals surface area (Å²) in [6.07, 6.45) is 8.46. The van der Waals surface area contributed by atoms with Gasteiger partial charge in [0.1, 0.15) is 6.10 Å². The molecule has 6 nitrogen and oxygen atoms in total. The van der Waals surface area contributed by atoms with Crippen LogP contribution in [-0.2, 0) is 19.0 Å². The maximum absolute atomic E-state index is 12.8. The monoisotopic (exact) mass is 366 g/mol. The topological polar surface area (TPSA) is 60.0 Å². The van der Waals surface area contributed by atoms with Crippen LogP contribution in [0.4, 0.5) is 0 Å². The van der Waals surface area contributed by atoms with E-state index in [1.165, 1.54) is 12.8 Å². The number of ether oxygens (including phenoxy) is 3. The molecule has 1 saturated carbocycles. The van der Waals surface area contributed by atoms with Crippen LogP contribution in [0, 0.1) is 5.92 Å². The van der Waals surface area contributed by atoms with Gasteiger partial charge in [0.05, 0.1) is 12.6 Å². The van der Waals surface area contributed by atoms with Crippen molar-refractivity contribution in [2.24, 2.45) is 5.92 Å². The van der Waals surface area contributed by atoms with Crippen molar-refractivity contribution in [3.8, 4) is 0 Å². The molecule has 6 heteroatoms. The summed E-state index contributed by atoms with van der Waals surface area (Å²) in [7, 11) is 0. The minimum Gasteiger partial charge on any atom is -0.381 e. The highest BCUT2D eigenvalue weighted by molar-refractivity contribution is 5.82. The average Bonchev–Trinajstić information content (AvgIpc) is 3.31. The molecule has 3 aliphatic heterocycles. The Morgan fingerprint density at radius 1 is 1.15 bits per heavy atom. The van der Waals surface area contributed by atoms with E-state index in [0.717, 1.165) is 64.2 Å². The molecule has 4 rings (SSSR count). The number of hydrogen-bond donors (Lipinski definition) is 1. The lowest BCUT2D eigenvalue weighted by Crippen LogP contribution is -2.50. The fourth-order valence-electron chi connectivity index (χ4n) is 5.04. The molecule has 3 heterocycles. The summed E-state index contributed by atoms with van der Waals surface area (Å²) < 4.78 is 17.7. The van der Waals surface area contributed by atoms with Gasteiger partial charge in [0.25, 0.3) is 0 Å². The highest BCUT2D eigenvalue weighted by Gasteiger charge is 2.44. The summed E-state index contributed by atoms with van der Waals surface area (Å²) >= 11 is 0. The van der Waals surface area contributed by atoms with Crippen molar-refractivity contribution in [1.82, 2.24) is 10.2 Å². The van der Waals surface area contributed by atoms with Crippen LogP contribution in [0.25, 0.3) is 0 Å². The number of carbonyl (C=O) groups excluding carboxylic acids is 1. The first-order valence-electron chi connectivity index (χ1n) is 10.6. The molecule has 1 N–H and O–H groups in total. The van der Waals surface area contributed by atoms with E-state index in [1.54, 1.807) is 0 Å². The predicted octanol–water partition coefficient (Wildman–Crippen LogP) is 2.07. The maximum atomic E-state index is 12.8. The van der Waals surface area contributed by atoms with Crippen LogP contribution in [0.15, 0.2) is 0 Å². The lowest BCUT2D eigenvalue weighted by molar-refractivity contribution is -0.191. The van der Waals surface area contributed by atoms with Crippen molar-refractivity contribution in [2.75, 3.05) is 32.9 Å². The molecule has 0 bridgehead atoms. The first kappa shape index (κ1) is 18.7. The summed E-state index contributed by atoms with van der Waals surface area (Å²) in [6.45, 7) is 6.14. The Kier molecular flexibility index (Phi) is 5.84. The van der Waals surface area contributed by atoms with Crippen molar-refractivity contribution >= 4 is 5.91 Å². The van der Waals surface area contributed by atoms with E-state index in [2.05, 4.69) is 17.1 Å². The van der Waals surface area contributed by atoms with Crippen molar-refractivity contribution in [3.05, 3.63) is 0 Å². The average molecular weight is 367 g/mol. The molecule has 0 aromatic carbocycles. The van der Waals surface area contributed by atoms with Crippen LogP contribution >= 0.6 is 0 Å². The van der Waals surface area contributed by atoms with Gasteiger partial charge in [0, 0.05) is 38.6 Å². The predicted molar refractivity (Wildman–Crippen MR) is 97.8 cm³/mol. The second-order valence-electron chi connectivity index (χ2n) is 8.63. The van der Waals surface area contributed by atoms with E-state index in [4.69, 9.17) is 14.2 Å². The van der Waals surface area contributed by atoms with Crippen LogP contribution in [0.1, 0.15) is 58.3 Å². The Morgan fingerprint density at radius 3 is 2.69 bits per heavy atom. The number of hydrogen-bond acceptors (Lipinski definition) is 5. The third-order valence-electron chi connectivity index (χ3n) is 6.71. The zero-order valence-electron chi connectivity index (χ0n) is 16.1. The first-order valence-corrected chi connectivity index (χ1v) is 10.6. The number of likely N-dealkylation sites (tertiary alicyclic amines) is 1. The summed E-state index contributed by atoms with van der Waals surface area (Å²) in [6, 6.07) is 0.519.